The fraction of sp³-hybridized carbons (Fsp3) is 0.533. The fourth-order valence-electron chi connectivity index (χ4n) is 1.98. The van der Waals surface area contributed by atoms with Crippen LogP contribution < -0.4 is 20.1 Å². The fourth-order valence-corrected chi connectivity index (χ4v) is 1.98. The molecule has 0 aromatic heterocycles. The number of amides is 1. The Bertz CT molecular complexity index is 449. The summed E-state index contributed by atoms with van der Waals surface area (Å²) in [6.45, 7) is 4.58. The van der Waals surface area contributed by atoms with Crippen LogP contribution in [-0.2, 0) is 11.3 Å². The molecule has 0 spiro atoms. The van der Waals surface area contributed by atoms with Gasteiger partial charge in [0.2, 0.25) is 12.7 Å². The number of rotatable bonds is 8. The van der Waals surface area contributed by atoms with Crippen molar-refractivity contribution >= 4 is 5.91 Å². The zero-order chi connectivity index (χ0) is 14.2. The predicted octanol–water partition coefficient (Wildman–Crippen LogP) is 1.81. The third-order valence-electron chi connectivity index (χ3n) is 3.15. The van der Waals surface area contributed by atoms with E-state index in [0.29, 0.717) is 19.8 Å². The molecule has 5 heteroatoms. The summed E-state index contributed by atoms with van der Waals surface area (Å²) >= 11 is 0. The van der Waals surface area contributed by atoms with Gasteiger partial charge in [0.1, 0.15) is 0 Å². The molecule has 1 aliphatic heterocycles. The van der Waals surface area contributed by atoms with Crippen molar-refractivity contribution in [2.75, 3.05) is 19.9 Å². The molecule has 0 saturated heterocycles. The summed E-state index contributed by atoms with van der Waals surface area (Å²) in [5.74, 6) is 1.70. The number of unbranched alkanes of at least 4 members (excludes halogenated alkanes) is 1. The summed E-state index contributed by atoms with van der Waals surface area (Å²) in [5, 5.41) is 6.16. The van der Waals surface area contributed by atoms with Crippen molar-refractivity contribution in [2.45, 2.75) is 32.7 Å². The second kappa shape index (κ2) is 7.75. The van der Waals surface area contributed by atoms with Crippen LogP contribution in [0.15, 0.2) is 18.2 Å². The maximum absolute atomic E-state index is 11.5. The van der Waals surface area contributed by atoms with E-state index in [9.17, 15) is 4.79 Å². The van der Waals surface area contributed by atoms with Gasteiger partial charge in [-0.1, -0.05) is 19.4 Å². The average molecular weight is 278 g/mol. The van der Waals surface area contributed by atoms with Crippen LogP contribution in [-0.4, -0.2) is 25.8 Å². The Hall–Kier alpha value is -1.75. The van der Waals surface area contributed by atoms with E-state index < -0.39 is 0 Å². The molecule has 1 aliphatic rings. The van der Waals surface area contributed by atoms with Crippen LogP contribution >= 0.6 is 0 Å². The predicted molar refractivity (Wildman–Crippen MR) is 76.8 cm³/mol. The topological polar surface area (TPSA) is 59.6 Å². The maximum Gasteiger partial charge on any atom is 0.231 e. The van der Waals surface area contributed by atoms with Crippen molar-refractivity contribution in [3.8, 4) is 11.5 Å². The van der Waals surface area contributed by atoms with Gasteiger partial charge in [0.05, 0.1) is 0 Å². The highest BCUT2D eigenvalue weighted by Crippen LogP contribution is 2.32. The Morgan fingerprint density at radius 2 is 2.10 bits per heavy atom. The van der Waals surface area contributed by atoms with Crippen LogP contribution in [0.1, 0.15) is 31.7 Å². The highest BCUT2D eigenvalue weighted by Gasteiger charge is 2.12. The smallest absolute Gasteiger partial charge is 0.231 e. The second-order valence-electron chi connectivity index (χ2n) is 4.82. The van der Waals surface area contributed by atoms with Crippen molar-refractivity contribution < 1.29 is 14.3 Å². The summed E-state index contributed by atoms with van der Waals surface area (Å²) < 4.78 is 10.6. The highest BCUT2D eigenvalue weighted by atomic mass is 16.7. The molecule has 2 N–H and O–H groups in total. The van der Waals surface area contributed by atoms with E-state index in [4.69, 9.17) is 9.47 Å². The Morgan fingerprint density at radius 1 is 1.25 bits per heavy atom. The van der Waals surface area contributed by atoms with Gasteiger partial charge in [0.15, 0.2) is 11.5 Å². The summed E-state index contributed by atoms with van der Waals surface area (Å²) in [6.07, 6.45) is 2.65. The number of hydrogen-bond acceptors (Lipinski definition) is 4. The molecule has 0 radical (unpaired) electrons. The molecule has 0 bridgehead atoms. The van der Waals surface area contributed by atoms with Gasteiger partial charge in [0.25, 0.3) is 0 Å². The number of carbonyl (C=O) groups is 1. The molecule has 0 saturated carbocycles. The third kappa shape index (κ3) is 4.42. The van der Waals surface area contributed by atoms with Crippen LogP contribution in [0.5, 0.6) is 11.5 Å². The molecule has 0 unspecified atom stereocenters. The van der Waals surface area contributed by atoms with E-state index in [-0.39, 0.29) is 5.91 Å². The van der Waals surface area contributed by atoms with Crippen molar-refractivity contribution in [1.82, 2.24) is 10.6 Å². The summed E-state index contributed by atoms with van der Waals surface area (Å²) in [6, 6.07) is 5.88. The average Bonchev–Trinajstić information content (AvgIpc) is 2.91. The molecule has 0 aliphatic carbocycles. The van der Waals surface area contributed by atoms with Crippen molar-refractivity contribution in [3.05, 3.63) is 23.8 Å². The standard InChI is InChI=1S/C15H22N2O3/c1-2-3-7-17-15(18)6-8-16-10-12-4-5-13-14(9-12)20-11-19-13/h4-5,9,16H,2-3,6-8,10-11H2,1H3,(H,17,18). The van der Waals surface area contributed by atoms with Crippen LogP contribution in [0.25, 0.3) is 0 Å². The van der Waals surface area contributed by atoms with E-state index in [2.05, 4.69) is 17.6 Å². The first-order chi connectivity index (χ1) is 9.79. The number of carbonyl (C=O) groups excluding carboxylic acids is 1. The number of hydrogen-bond donors (Lipinski definition) is 2. The van der Waals surface area contributed by atoms with E-state index in [1.807, 2.05) is 18.2 Å². The lowest BCUT2D eigenvalue weighted by Gasteiger charge is -2.07. The molecule has 2 rings (SSSR count). The van der Waals surface area contributed by atoms with Gasteiger partial charge in [-0.2, -0.15) is 0 Å². The van der Waals surface area contributed by atoms with Crippen molar-refractivity contribution in [2.24, 2.45) is 0 Å². The largest absolute Gasteiger partial charge is 0.454 e. The number of nitrogens with one attached hydrogen (secondary N) is 2. The number of benzene rings is 1. The van der Waals surface area contributed by atoms with Gasteiger partial charge in [-0.25, -0.2) is 0 Å². The van der Waals surface area contributed by atoms with E-state index in [0.717, 1.165) is 43.0 Å². The molecule has 1 aromatic rings. The van der Waals surface area contributed by atoms with Gasteiger partial charge in [-0.15, -0.1) is 0 Å². The molecule has 5 nitrogen and oxygen atoms in total. The minimum Gasteiger partial charge on any atom is -0.454 e. The van der Waals surface area contributed by atoms with Gasteiger partial charge in [-0.05, 0) is 24.1 Å². The Labute approximate surface area is 119 Å². The first kappa shape index (κ1) is 14.7. The molecule has 1 aromatic carbocycles. The van der Waals surface area contributed by atoms with Crippen LogP contribution in [0.2, 0.25) is 0 Å². The number of ether oxygens (including phenoxy) is 2. The Morgan fingerprint density at radius 3 is 2.95 bits per heavy atom. The zero-order valence-corrected chi connectivity index (χ0v) is 11.9. The maximum atomic E-state index is 11.5. The van der Waals surface area contributed by atoms with Gasteiger partial charge >= 0.3 is 0 Å². The number of fused-ring (bicyclic) bond motifs is 1. The summed E-state index contributed by atoms with van der Waals surface area (Å²) in [7, 11) is 0. The lowest BCUT2D eigenvalue weighted by atomic mass is 10.2. The SMILES string of the molecule is CCCCNC(=O)CCNCc1ccc2c(c1)OCO2. The first-order valence-corrected chi connectivity index (χ1v) is 7.15. The van der Waals surface area contributed by atoms with Crippen LogP contribution in [0.4, 0.5) is 0 Å². The molecule has 1 amide bonds. The lowest BCUT2D eigenvalue weighted by Crippen LogP contribution is -2.28. The zero-order valence-electron chi connectivity index (χ0n) is 11.9. The van der Waals surface area contributed by atoms with Gasteiger partial charge in [-0.3, -0.25) is 4.79 Å². The molecule has 0 atom stereocenters. The molecule has 110 valence electrons. The first-order valence-electron chi connectivity index (χ1n) is 7.15. The summed E-state index contributed by atoms with van der Waals surface area (Å²) in [4.78, 5) is 11.5. The Kier molecular flexibility index (Phi) is 5.68. The molecular formula is C15H22N2O3. The monoisotopic (exact) mass is 278 g/mol. The van der Waals surface area contributed by atoms with E-state index in [1.54, 1.807) is 0 Å². The summed E-state index contributed by atoms with van der Waals surface area (Å²) in [5.41, 5.74) is 1.13. The van der Waals surface area contributed by atoms with E-state index >= 15 is 0 Å². The third-order valence-corrected chi connectivity index (χ3v) is 3.15. The van der Waals surface area contributed by atoms with Gasteiger partial charge < -0.3 is 20.1 Å². The second-order valence-corrected chi connectivity index (χ2v) is 4.82. The minimum atomic E-state index is 0.108. The van der Waals surface area contributed by atoms with Crippen LogP contribution in [0.3, 0.4) is 0 Å². The Balaban J connectivity index is 1.62. The molecular weight excluding hydrogens is 256 g/mol. The molecule has 1 heterocycles. The van der Waals surface area contributed by atoms with E-state index in [1.165, 1.54) is 0 Å². The van der Waals surface area contributed by atoms with Crippen molar-refractivity contribution in [3.63, 3.8) is 0 Å². The minimum absolute atomic E-state index is 0.108. The molecule has 0 fully saturated rings. The van der Waals surface area contributed by atoms with Crippen molar-refractivity contribution in [1.29, 1.82) is 0 Å². The normalized spacial score (nSPS) is 12.4. The quantitative estimate of drug-likeness (QED) is 0.712. The van der Waals surface area contributed by atoms with Crippen LogP contribution in [0, 0.1) is 0 Å². The van der Waals surface area contributed by atoms with Gasteiger partial charge in [0, 0.05) is 26.1 Å². The lowest BCUT2D eigenvalue weighted by molar-refractivity contribution is -0.121. The molecule has 20 heavy (non-hydrogen) atoms. The highest BCUT2D eigenvalue weighted by molar-refractivity contribution is 5.75.